The Hall–Kier alpha value is -2.85. The summed E-state index contributed by atoms with van der Waals surface area (Å²) in [6, 6.07) is 8.03. The standard InChI is InChI=1S/C23H26N6O2S2/c1-23(2,3)13-7-9-14(10-8-13)31-11-18-27-28-22(29(18)24)32-12-17-25-20(30)19-15-5-4-6-16(15)33-21(19)26-17/h7-10H,4-6,11-12,24H2,1-3H3,(H,25,26,30). The van der Waals surface area contributed by atoms with Crippen LogP contribution in [0.15, 0.2) is 34.2 Å². The third-order valence-corrected chi connectivity index (χ3v) is 7.93. The van der Waals surface area contributed by atoms with Crippen molar-refractivity contribution in [1.29, 1.82) is 0 Å². The summed E-state index contributed by atoms with van der Waals surface area (Å²) in [7, 11) is 0. The van der Waals surface area contributed by atoms with E-state index in [1.165, 1.54) is 32.4 Å². The van der Waals surface area contributed by atoms with E-state index in [1.54, 1.807) is 11.3 Å². The summed E-state index contributed by atoms with van der Waals surface area (Å²) in [4.78, 5) is 22.3. The largest absolute Gasteiger partial charge is 0.486 e. The number of benzene rings is 1. The SMILES string of the molecule is CC(C)(C)c1ccc(OCc2nnc(SCc3nc4sc5c(c4c(=O)[nH]3)CCC5)n2N)cc1. The number of nitrogens with one attached hydrogen (secondary N) is 1. The lowest BCUT2D eigenvalue weighted by atomic mass is 9.87. The first kappa shape index (κ1) is 22.0. The van der Waals surface area contributed by atoms with Gasteiger partial charge in [0.1, 0.15) is 23.0 Å². The zero-order valence-corrected chi connectivity index (χ0v) is 20.5. The Balaban J connectivity index is 1.24. The highest BCUT2D eigenvalue weighted by molar-refractivity contribution is 7.98. The highest BCUT2D eigenvalue weighted by Gasteiger charge is 2.21. The number of nitrogens with two attached hydrogens (primary N) is 1. The van der Waals surface area contributed by atoms with Crippen LogP contribution in [0, 0.1) is 0 Å². The molecule has 3 N–H and O–H groups in total. The molecule has 172 valence electrons. The van der Waals surface area contributed by atoms with E-state index in [1.807, 2.05) is 12.1 Å². The number of fused-ring (bicyclic) bond motifs is 3. The van der Waals surface area contributed by atoms with Gasteiger partial charge in [-0.2, -0.15) is 0 Å². The second kappa shape index (κ2) is 8.49. The maximum Gasteiger partial charge on any atom is 0.259 e. The number of H-pyrrole nitrogens is 1. The number of thioether (sulfide) groups is 1. The first-order valence-electron chi connectivity index (χ1n) is 10.9. The molecule has 33 heavy (non-hydrogen) atoms. The summed E-state index contributed by atoms with van der Waals surface area (Å²) < 4.78 is 7.26. The van der Waals surface area contributed by atoms with E-state index in [0.29, 0.717) is 22.6 Å². The van der Waals surface area contributed by atoms with E-state index < -0.39 is 0 Å². The van der Waals surface area contributed by atoms with Gasteiger partial charge in [-0.05, 0) is 47.9 Å². The van der Waals surface area contributed by atoms with Gasteiger partial charge < -0.3 is 15.6 Å². The summed E-state index contributed by atoms with van der Waals surface area (Å²) in [6.45, 7) is 6.74. The predicted octanol–water partition coefficient (Wildman–Crippen LogP) is 3.95. The van der Waals surface area contributed by atoms with Gasteiger partial charge in [-0.1, -0.05) is 44.7 Å². The van der Waals surface area contributed by atoms with Crippen LogP contribution in [0.3, 0.4) is 0 Å². The number of aromatic amines is 1. The Labute approximate surface area is 199 Å². The minimum absolute atomic E-state index is 0.0595. The molecule has 0 saturated carbocycles. The van der Waals surface area contributed by atoms with Crippen LogP contribution in [0.25, 0.3) is 10.2 Å². The third-order valence-electron chi connectivity index (χ3n) is 5.79. The lowest BCUT2D eigenvalue weighted by Crippen LogP contribution is -2.16. The summed E-state index contributed by atoms with van der Waals surface area (Å²) >= 11 is 3.01. The van der Waals surface area contributed by atoms with E-state index in [2.05, 4.69) is 53.1 Å². The van der Waals surface area contributed by atoms with Crippen LogP contribution >= 0.6 is 23.1 Å². The minimum atomic E-state index is -0.0595. The predicted molar refractivity (Wildman–Crippen MR) is 131 cm³/mol. The van der Waals surface area contributed by atoms with Crippen molar-refractivity contribution in [3.63, 3.8) is 0 Å². The first-order chi connectivity index (χ1) is 15.8. The molecule has 0 aliphatic heterocycles. The molecule has 8 nitrogen and oxygen atoms in total. The smallest absolute Gasteiger partial charge is 0.259 e. The molecule has 0 fully saturated rings. The lowest BCUT2D eigenvalue weighted by molar-refractivity contribution is 0.291. The first-order valence-corrected chi connectivity index (χ1v) is 12.7. The Morgan fingerprint density at radius 1 is 1.21 bits per heavy atom. The van der Waals surface area contributed by atoms with Crippen LogP contribution < -0.4 is 16.1 Å². The number of aromatic nitrogens is 5. The summed E-state index contributed by atoms with van der Waals surface area (Å²) in [6.07, 6.45) is 3.13. The molecule has 10 heteroatoms. The average Bonchev–Trinajstić information content (AvgIpc) is 3.45. The van der Waals surface area contributed by atoms with Gasteiger partial charge in [0.2, 0.25) is 5.16 Å². The van der Waals surface area contributed by atoms with E-state index in [9.17, 15) is 4.79 Å². The van der Waals surface area contributed by atoms with Crippen LogP contribution in [0.4, 0.5) is 0 Å². The molecule has 1 aromatic carbocycles. The fourth-order valence-corrected chi connectivity index (χ4v) is 5.98. The molecule has 0 bridgehead atoms. The fourth-order valence-electron chi connectivity index (χ4n) is 3.95. The monoisotopic (exact) mass is 482 g/mol. The van der Waals surface area contributed by atoms with E-state index in [-0.39, 0.29) is 17.6 Å². The number of hydrogen-bond acceptors (Lipinski definition) is 8. The van der Waals surface area contributed by atoms with Crippen molar-refractivity contribution >= 4 is 33.3 Å². The van der Waals surface area contributed by atoms with Crippen molar-refractivity contribution in [3.8, 4) is 5.75 Å². The molecule has 1 aliphatic carbocycles. The summed E-state index contributed by atoms with van der Waals surface area (Å²) in [5, 5.41) is 9.62. The zero-order chi connectivity index (χ0) is 23.2. The molecular formula is C23H26N6O2S2. The highest BCUT2D eigenvalue weighted by atomic mass is 32.2. The highest BCUT2D eigenvalue weighted by Crippen LogP contribution is 2.34. The normalized spacial score (nSPS) is 13.5. The number of ether oxygens (including phenoxy) is 1. The van der Waals surface area contributed by atoms with E-state index in [4.69, 9.17) is 10.6 Å². The second-order valence-electron chi connectivity index (χ2n) is 9.17. The molecule has 4 aromatic rings. The summed E-state index contributed by atoms with van der Waals surface area (Å²) in [5.41, 5.74) is 2.46. The second-order valence-corrected chi connectivity index (χ2v) is 11.2. The van der Waals surface area contributed by atoms with Crippen LogP contribution in [0.5, 0.6) is 5.75 Å². The molecule has 0 radical (unpaired) electrons. The number of aryl methyl sites for hydroxylation is 2. The lowest BCUT2D eigenvalue weighted by Gasteiger charge is -2.19. The molecular weight excluding hydrogens is 456 g/mol. The van der Waals surface area contributed by atoms with Gasteiger partial charge in [-0.3, -0.25) is 4.79 Å². The van der Waals surface area contributed by atoms with E-state index in [0.717, 1.165) is 35.2 Å². The molecule has 1 aliphatic rings. The van der Waals surface area contributed by atoms with Crippen LogP contribution in [-0.2, 0) is 30.6 Å². The molecule has 0 amide bonds. The van der Waals surface area contributed by atoms with Crippen LogP contribution in [-0.4, -0.2) is 24.8 Å². The van der Waals surface area contributed by atoms with Gasteiger partial charge in [0.05, 0.1) is 11.1 Å². The molecule has 0 unspecified atom stereocenters. The Morgan fingerprint density at radius 3 is 2.76 bits per heavy atom. The number of nitrogens with zero attached hydrogens (tertiary/aromatic N) is 4. The van der Waals surface area contributed by atoms with Gasteiger partial charge in [-0.25, -0.2) is 9.66 Å². The quantitative estimate of drug-likeness (QED) is 0.316. The van der Waals surface area contributed by atoms with Crippen molar-refractivity contribution in [2.75, 3.05) is 5.84 Å². The zero-order valence-electron chi connectivity index (χ0n) is 18.8. The van der Waals surface area contributed by atoms with Crippen LogP contribution in [0.1, 0.15) is 54.8 Å². The van der Waals surface area contributed by atoms with Gasteiger partial charge in [0.15, 0.2) is 5.82 Å². The van der Waals surface area contributed by atoms with Crippen molar-refractivity contribution in [2.24, 2.45) is 0 Å². The topological polar surface area (TPSA) is 112 Å². The van der Waals surface area contributed by atoms with Gasteiger partial charge in [-0.15, -0.1) is 21.5 Å². The molecule has 5 rings (SSSR count). The number of nitrogen functional groups attached to an aromatic ring is 1. The molecule has 0 saturated heterocycles. The van der Waals surface area contributed by atoms with Crippen molar-refractivity contribution in [1.82, 2.24) is 24.8 Å². The molecule has 0 atom stereocenters. The molecule has 3 heterocycles. The number of hydrogen-bond donors (Lipinski definition) is 2. The Kier molecular flexibility index (Phi) is 5.65. The molecule has 3 aromatic heterocycles. The number of rotatable bonds is 6. The minimum Gasteiger partial charge on any atom is -0.486 e. The van der Waals surface area contributed by atoms with Gasteiger partial charge in [0.25, 0.3) is 5.56 Å². The maximum absolute atomic E-state index is 12.6. The number of thiophene rings is 1. The maximum atomic E-state index is 12.6. The van der Waals surface area contributed by atoms with Crippen molar-refractivity contribution < 1.29 is 4.74 Å². The average molecular weight is 483 g/mol. The summed E-state index contributed by atoms with van der Waals surface area (Å²) in [5.74, 6) is 8.50. The van der Waals surface area contributed by atoms with Gasteiger partial charge >= 0.3 is 0 Å². The van der Waals surface area contributed by atoms with E-state index >= 15 is 0 Å². The molecule has 0 spiro atoms. The van der Waals surface area contributed by atoms with Crippen LogP contribution in [0.2, 0.25) is 0 Å². The fraction of sp³-hybridized carbons (Fsp3) is 0.391. The van der Waals surface area contributed by atoms with Crippen molar-refractivity contribution in [3.05, 3.63) is 62.3 Å². The Morgan fingerprint density at radius 2 is 2.00 bits per heavy atom. The van der Waals surface area contributed by atoms with Gasteiger partial charge in [0, 0.05) is 4.88 Å². The third kappa shape index (κ3) is 4.37. The van der Waals surface area contributed by atoms with Crippen molar-refractivity contribution in [2.45, 2.75) is 63.0 Å². The Bertz CT molecular complexity index is 1360.